The van der Waals surface area contributed by atoms with Gasteiger partial charge in [-0.3, -0.25) is 33.9 Å². The fourth-order valence-electron chi connectivity index (χ4n) is 10.8. The van der Waals surface area contributed by atoms with E-state index in [4.69, 9.17) is 28.7 Å². The molecule has 1 spiro atoms. The molecule has 0 radical (unpaired) electrons. The van der Waals surface area contributed by atoms with Gasteiger partial charge >= 0.3 is 11.8 Å². The number of aliphatic hydroxyl groups excluding tert-OH is 2. The van der Waals surface area contributed by atoms with Gasteiger partial charge in [-0.1, -0.05) is 59.8 Å². The van der Waals surface area contributed by atoms with Crippen LogP contribution >= 0.6 is 0 Å². The molecule has 0 unspecified atom stereocenters. The molecule has 19 nitrogen and oxygen atoms in total. The highest BCUT2D eigenvalue weighted by atomic mass is 16.7. The van der Waals surface area contributed by atoms with Gasteiger partial charge in [0.2, 0.25) is 11.7 Å². The normalized spacial score (nSPS) is 31.7. The van der Waals surface area contributed by atoms with Crippen molar-refractivity contribution >= 4 is 35.1 Å². The average Bonchev–Trinajstić information content (AvgIpc) is 3.86. The molecule has 8 rings (SSSR count). The first-order valence-corrected chi connectivity index (χ1v) is 25.8. The van der Waals surface area contributed by atoms with Gasteiger partial charge < -0.3 is 59.9 Å². The van der Waals surface area contributed by atoms with Gasteiger partial charge in [-0.15, -0.1) is 0 Å². The summed E-state index contributed by atoms with van der Waals surface area (Å²) in [6, 6.07) is 0. The minimum absolute atomic E-state index is 0.00129. The quantitative estimate of drug-likeness (QED) is 0.111. The van der Waals surface area contributed by atoms with Crippen LogP contribution in [0.1, 0.15) is 113 Å². The number of likely N-dealkylation sites (tertiary alicyclic amines) is 1. The Bertz CT molecular complexity index is 2450. The molecule has 9 atom stereocenters. The average molecular weight is 1020 g/mol. The topological polar surface area (TPSA) is 247 Å². The zero-order valence-corrected chi connectivity index (χ0v) is 44.0. The number of methoxy groups -OCH3 is 1. The molecule has 400 valence electrons. The van der Waals surface area contributed by atoms with Crippen LogP contribution in [-0.2, 0) is 33.3 Å². The molecule has 6 heterocycles. The van der Waals surface area contributed by atoms with E-state index in [1.165, 1.54) is 39.4 Å². The Morgan fingerprint density at radius 2 is 1.63 bits per heavy atom. The number of hydrogen-bond donors (Lipinski definition) is 6. The Morgan fingerprint density at radius 1 is 0.932 bits per heavy atom. The summed E-state index contributed by atoms with van der Waals surface area (Å²) in [7, 11) is 1.44. The highest BCUT2D eigenvalue weighted by Gasteiger charge is 2.54. The molecule has 1 aromatic rings. The summed E-state index contributed by atoms with van der Waals surface area (Å²) >= 11 is 0. The van der Waals surface area contributed by atoms with Crippen LogP contribution in [-0.4, -0.2) is 162 Å². The molecule has 6 aliphatic heterocycles. The Kier molecular flexibility index (Phi) is 17.4. The number of ketones is 2. The van der Waals surface area contributed by atoms with Gasteiger partial charge in [-0.05, 0) is 38.8 Å². The second-order valence-corrected chi connectivity index (χ2v) is 21.2. The number of amides is 2. The molecule has 5 bridgehead atoms. The molecule has 19 heteroatoms. The van der Waals surface area contributed by atoms with Crippen LogP contribution < -0.4 is 20.7 Å². The summed E-state index contributed by atoms with van der Waals surface area (Å²) in [4.78, 5) is 80.2. The number of benzene rings is 1. The molecule has 2 saturated heterocycles. The predicted octanol–water partition coefficient (Wildman–Crippen LogP) is 3.82. The number of Topliss-reactive ketones (excluding diaryl/α,β-unsaturated/α-hetero) is 2. The van der Waals surface area contributed by atoms with Crippen molar-refractivity contribution in [2.75, 3.05) is 66.1 Å². The largest absolute Gasteiger partial charge is 0.507 e. The van der Waals surface area contributed by atoms with Gasteiger partial charge in [0.1, 0.15) is 35.4 Å². The van der Waals surface area contributed by atoms with Crippen molar-refractivity contribution in [1.29, 1.82) is 0 Å². The second kappa shape index (κ2) is 23.0. The number of esters is 1. The third-order valence-electron chi connectivity index (χ3n) is 15.3. The number of phenols is 1. The third-order valence-corrected chi connectivity index (χ3v) is 15.3. The highest BCUT2D eigenvalue weighted by Crippen LogP contribution is 2.50. The molecule has 2 amide bonds. The zero-order chi connectivity index (χ0) is 53.1. The van der Waals surface area contributed by atoms with E-state index in [1.54, 1.807) is 46.8 Å². The molecule has 6 N–H and O–H groups in total. The van der Waals surface area contributed by atoms with Crippen molar-refractivity contribution in [2.24, 2.45) is 34.6 Å². The number of allylic oxidation sites excluding steroid dienone is 4. The van der Waals surface area contributed by atoms with Gasteiger partial charge in [0.15, 0.2) is 0 Å². The number of carbonyl (C=O) groups excluding carboxylic acids is 5. The van der Waals surface area contributed by atoms with E-state index in [2.05, 4.69) is 39.6 Å². The fraction of sp³-hybridized carbons (Fsp3) is 0.630. The predicted molar refractivity (Wildman–Crippen MR) is 271 cm³/mol. The maximum atomic E-state index is 14.9. The van der Waals surface area contributed by atoms with E-state index in [0.29, 0.717) is 58.0 Å². The number of aliphatic imine (C=N–C) groups is 1. The van der Waals surface area contributed by atoms with Gasteiger partial charge in [0.25, 0.3) is 11.7 Å². The van der Waals surface area contributed by atoms with Crippen molar-refractivity contribution in [2.45, 2.75) is 124 Å². The molecule has 1 aromatic carbocycles. The number of fused-ring (bicyclic) bond motifs is 13. The SMILES string of the molecule is CO[C@H]1/C=C/O[C@@]2(C)Oc3c(C)c(O)c4c(c3C2=O)C2=NC3(CCN(CC(C)C)CC3)NC2=C(NC(=O)/C(C)=C\C=C\[C@H](C)[C@H](O)[C@@H](C)[C@@H](O)[C@@H](C)[C@H](OC(=O)CC(=O)NCCCN2CCOCC2)[C@@H]1C)C4=O. The number of nitrogens with zero attached hydrogens (tertiary/aromatic N) is 3. The first-order valence-electron chi connectivity index (χ1n) is 25.8. The third kappa shape index (κ3) is 11.8. The Labute approximate surface area is 428 Å². The molecule has 73 heavy (non-hydrogen) atoms. The lowest BCUT2D eigenvalue weighted by Crippen LogP contribution is -2.50. The molecular formula is C54H76N6O13. The lowest BCUT2D eigenvalue weighted by Gasteiger charge is -2.38. The molecular weight excluding hydrogens is 941 g/mol. The Morgan fingerprint density at radius 3 is 2.30 bits per heavy atom. The summed E-state index contributed by atoms with van der Waals surface area (Å²) in [5.41, 5.74) is -0.413. The zero-order valence-electron chi connectivity index (χ0n) is 44.0. The number of hydrogen-bond acceptors (Lipinski definition) is 17. The first-order chi connectivity index (χ1) is 34.6. The molecule has 1 aliphatic carbocycles. The van der Waals surface area contributed by atoms with Crippen LogP contribution in [0.3, 0.4) is 0 Å². The van der Waals surface area contributed by atoms with E-state index >= 15 is 0 Å². The van der Waals surface area contributed by atoms with E-state index in [0.717, 1.165) is 26.2 Å². The van der Waals surface area contributed by atoms with Crippen molar-refractivity contribution in [3.63, 3.8) is 0 Å². The number of rotatable bonds is 10. The fourth-order valence-corrected chi connectivity index (χ4v) is 10.8. The lowest BCUT2D eigenvalue weighted by molar-refractivity contribution is -0.164. The molecule has 0 saturated carbocycles. The van der Waals surface area contributed by atoms with Crippen molar-refractivity contribution in [3.8, 4) is 11.5 Å². The smallest absolute Gasteiger partial charge is 0.315 e. The number of phenolic OH excluding ortho intramolecular Hbond substituents is 1. The number of carbonyl (C=O) groups is 5. The number of nitrogens with one attached hydrogen (secondary N) is 3. The Hall–Kier alpha value is -5.44. The van der Waals surface area contributed by atoms with Gasteiger partial charge in [-0.25, -0.2) is 0 Å². The van der Waals surface area contributed by atoms with E-state index in [-0.39, 0.29) is 50.7 Å². The van der Waals surface area contributed by atoms with Crippen molar-refractivity contribution in [1.82, 2.24) is 25.8 Å². The second-order valence-electron chi connectivity index (χ2n) is 21.2. The number of piperidine rings is 1. The number of aliphatic hydroxyl groups is 2. The van der Waals surface area contributed by atoms with Gasteiger partial charge in [0.05, 0.1) is 60.3 Å². The number of morpholine rings is 1. The summed E-state index contributed by atoms with van der Waals surface area (Å²) < 4.78 is 29.9. The minimum Gasteiger partial charge on any atom is -0.507 e. The monoisotopic (exact) mass is 1020 g/mol. The van der Waals surface area contributed by atoms with Crippen LogP contribution in [0.5, 0.6) is 11.5 Å². The molecule has 7 aliphatic rings. The summed E-state index contributed by atoms with van der Waals surface area (Å²) in [5, 5.41) is 44.6. The van der Waals surface area contributed by atoms with Crippen LogP contribution in [0.4, 0.5) is 0 Å². The van der Waals surface area contributed by atoms with Gasteiger partial charge in [-0.2, -0.15) is 0 Å². The Balaban J connectivity index is 1.23. The van der Waals surface area contributed by atoms with Crippen molar-refractivity contribution in [3.05, 3.63) is 69.8 Å². The number of ether oxygens (including phenoxy) is 5. The standard InChI is InChI=1S/C54H76N6O13/c1-29(2)28-60-20-16-54(17-21-60)57-42-39-40-47(65)35(8)50-41(39)51(67)53(9,73-50)71-24-15-36(69-10)32(5)49(72-38(62)27-37(61)55-18-12-19-59-22-25-70-26-23-59)34(7)46(64)33(6)45(63)30(3)13-11-14-31(4)52(68)56-44(48(40)66)43(42)58-54/h11,13-15,24,29-30,32-34,36,45-46,49,58,63-65H,12,16-23,25-28H2,1-10H3,(H,55,61)(H,56,68)/b13-11+,24-15+,31-14-/t30-,32+,33+,34+,36-,45-,46+,49+,53-/m0/s1. The minimum atomic E-state index is -2.03. The summed E-state index contributed by atoms with van der Waals surface area (Å²) in [6.45, 7) is 22.1. The maximum Gasteiger partial charge on any atom is 0.315 e. The van der Waals surface area contributed by atoms with Crippen molar-refractivity contribution < 1.29 is 63.0 Å². The summed E-state index contributed by atoms with van der Waals surface area (Å²) in [6.07, 6.45) is 4.47. The van der Waals surface area contributed by atoms with E-state index in [1.807, 2.05) is 0 Å². The first kappa shape index (κ1) is 55.3. The van der Waals surface area contributed by atoms with Crippen LogP contribution in [0.25, 0.3) is 0 Å². The number of aromatic hydroxyl groups is 1. The van der Waals surface area contributed by atoms with Crippen LogP contribution in [0, 0.1) is 36.5 Å². The van der Waals surface area contributed by atoms with E-state index in [9.17, 15) is 39.3 Å². The summed E-state index contributed by atoms with van der Waals surface area (Å²) in [5.74, 6) is -8.25. The highest BCUT2D eigenvalue weighted by molar-refractivity contribution is 6.34. The molecule has 0 aromatic heterocycles. The van der Waals surface area contributed by atoms with Crippen LogP contribution in [0.15, 0.2) is 52.5 Å². The van der Waals surface area contributed by atoms with E-state index < -0.39 is 101 Å². The van der Waals surface area contributed by atoms with Gasteiger partial charge in [0, 0.05) is 107 Å². The molecule has 2 fully saturated rings. The maximum absolute atomic E-state index is 14.9. The van der Waals surface area contributed by atoms with Crippen LogP contribution in [0.2, 0.25) is 0 Å². The lowest BCUT2D eigenvalue weighted by atomic mass is 9.78.